The fourth-order valence-electron chi connectivity index (χ4n) is 10.7. The summed E-state index contributed by atoms with van der Waals surface area (Å²) in [6, 6.07) is 35.2. The Balaban J connectivity index is 0.000000129. The lowest BCUT2D eigenvalue weighted by atomic mass is 10.0. The molecule has 0 radical (unpaired) electrons. The molecule has 0 unspecified atom stereocenters. The second kappa shape index (κ2) is 21.3. The number of anilines is 2. The first kappa shape index (κ1) is 49.5. The number of rotatable bonds is 11. The maximum absolute atomic E-state index is 5.89. The molecule has 14 nitrogen and oxygen atoms in total. The summed E-state index contributed by atoms with van der Waals surface area (Å²) < 4.78 is 11.4. The fraction of sp³-hybridized carbons (Fsp3) is 0.311. The molecule has 0 spiro atoms. The van der Waals surface area contributed by atoms with E-state index in [0.29, 0.717) is 0 Å². The van der Waals surface area contributed by atoms with Gasteiger partial charge in [0.1, 0.15) is 11.3 Å². The van der Waals surface area contributed by atoms with Gasteiger partial charge in [-0.2, -0.15) is 0 Å². The van der Waals surface area contributed by atoms with Crippen LogP contribution in [-0.2, 0) is 9.16 Å². The zero-order valence-corrected chi connectivity index (χ0v) is 45.0. The number of hydrogen-bond acceptors (Lipinski definition) is 12. The summed E-state index contributed by atoms with van der Waals surface area (Å²) in [5.74, 6) is -0.154. The highest BCUT2D eigenvalue weighted by Gasteiger charge is 2.48. The van der Waals surface area contributed by atoms with Crippen molar-refractivity contribution in [3.8, 4) is 44.8 Å². The zero-order chi connectivity index (χ0) is 51.6. The Labute approximate surface area is 445 Å². The molecule has 76 heavy (non-hydrogen) atoms. The number of nitrogens with one attached hydrogen (secondary N) is 3. The van der Waals surface area contributed by atoms with E-state index in [1.54, 1.807) is 12.4 Å². The van der Waals surface area contributed by atoms with Crippen molar-refractivity contribution >= 4 is 63.6 Å². The first-order valence-corrected chi connectivity index (χ1v) is 30.4. The number of pyridine rings is 6. The van der Waals surface area contributed by atoms with Crippen LogP contribution in [0.2, 0.25) is 19.6 Å². The minimum absolute atomic E-state index is 0.154. The first-order valence-electron chi connectivity index (χ1n) is 27.0. The maximum atomic E-state index is 5.89. The number of aromatic nitrogens is 8. The van der Waals surface area contributed by atoms with Crippen molar-refractivity contribution in [3.05, 3.63) is 147 Å². The molecule has 15 heteroatoms. The van der Waals surface area contributed by atoms with Crippen molar-refractivity contribution in [2.75, 3.05) is 68.8 Å². The molecular formula is C61H66N12O2Si. The minimum Gasteiger partial charge on any atom is -0.391 e. The largest absolute Gasteiger partial charge is 0.391 e. The van der Waals surface area contributed by atoms with Gasteiger partial charge < -0.3 is 34.2 Å². The van der Waals surface area contributed by atoms with Gasteiger partial charge in [0.25, 0.3) is 0 Å². The van der Waals surface area contributed by atoms with Gasteiger partial charge in [-0.15, -0.1) is 0 Å². The smallest absolute Gasteiger partial charge is 0.187 e. The Bertz CT molecular complexity index is 3620. The summed E-state index contributed by atoms with van der Waals surface area (Å²) in [5, 5.41) is 7.89. The van der Waals surface area contributed by atoms with Crippen molar-refractivity contribution in [2.45, 2.75) is 64.1 Å². The molecule has 10 aromatic rings. The van der Waals surface area contributed by atoms with Gasteiger partial charge in [-0.1, -0.05) is 24.3 Å². The van der Waals surface area contributed by atoms with Crippen LogP contribution in [0.3, 0.4) is 0 Å². The predicted molar refractivity (Wildman–Crippen MR) is 310 cm³/mol. The van der Waals surface area contributed by atoms with Gasteiger partial charge in [0.15, 0.2) is 14.1 Å². The molecule has 10 heterocycles. The summed E-state index contributed by atoms with van der Waals surface area (Å²) in [5.41, 5.74) is 14.8. The maximum Gasteiger partial charge on any atom is 0.187 e. The number of nitrogens with zero attached hydrogens (tertiary/aromatic N) is 9. The van der Waals surface area contributed by atoms with Crippen molar-refractivity contribution in [1.82, 2.24) is 50.1 Å². The van der Waals surface area contributed by atoms with Gasteiger partial charge in [0.2, 0.25) is 0 Å². The number of benzene rings is 2. The molecule has 14 rings (SSSR count). The van der Waals surface area contributed by atoms with E-state index >= 15 is 0 Å². The Hall–Kier alpha value is -7.40. The minimum atomic E-state index is -1.39. The molecule has 0 bridgehead atoms. The van der Waals surface area contributed by atoms with Gasteiger partial charge in [0.05, 0.1) is 34.8 Å². The zero-order valence-electron chi connectivity index (χ0n) is 44.0. The van der Waals surface area contributed by atoms with Crippen molar-refractivity contribution in [2.24, 2.45) is 0 Å². The van der Waals surface area contributed by atoms with E-state index in [1.165, 1.54) is 48.4 Å². The summed E-state index contributed by atoms with van der Waals surface area (Å²) >= 11 is 0. The van der Waals surface area contributed by atoms with Crippen LogP contribution in [-0.4, -0.2) is 124 Å². The normalized spacial score (nSPS) is 16.6. The second-order valence-corrected chi connectivity index (χ2v) is 25.8. The van der Waals surface area contributed by atoms with E-state index in [0.717, 1.165) is 142 Å². The van der Waals surface area contributed by atoms with Crippen molar-refractivity contribution < 1.29 is 9.16 Å². The summed E-state index contributed by atoms with van der Waals surface area (Å²) in [6.07, 6.45) is 19.9. The van der Waals surface area contributed by atoms with Crippen molar-refractivity contribution in [3.63, 3.8) is 0 Å². The molecule has 0 amide bonds. The third-order valence-electron chi connectivity index (χ3n) is 14.7. The molecular weight excluding hydrogens is 961 g/mol. The molecule has 386 valence electrons. The van der Waals surface area contributed by atoms with Crippen LogP contribution in [0.1, 0.15) is 32.6 Å². The number of aromatic amines is 2. The highest BCUT2D eigenvalue weighted by Crippen LogP contribution is 2.43. The van der Waals surface area contributed by atoms with E-state index in [-0.39, 0.29) is 5.79 Å². The Morgan fingerprint density at radius 1 is 0.539 bits per heavy atom. The highest BCUT2D eigenvalue weighted by atomic mass is 28.4. The topological polar surface area (TPSA) is 149 Å². The van der Waals surface area contributed by atoms with Gasteiger partial charge >= 0.3 is 0 Å². The van der Waals surface area contributed by atoms with E-state index in [9.17, 15) is 0 Å². The van der Waals surface area contributed by atoms with Crippen LogP contribution < -0.4 is 15.1 Å². The average Bonchev–Trinajstić information content (AvgIpc) is 4.40. The Kier molecular flexibility index (Phi) is 13.9. The number of fused-ring (bicyclic) bond motifs is 6. The average molecular weight is 1030 g/mol. The number of hydrogen-bond donors (Lipinski definition) is 3. The molecule has 2 aromatic carbocycles. The third-order valence-corrected chi connectivity index (χ3v) is 15.7. The van der Waals surface area contributed by atoms with Crippen LogP contribution in [0.15, 0.2) is 147 Å². The molecule has 2 saturated heterocycles. The third kappa shape index (κ3) is 11.1. The first-order chi connectivity index (χ1) is 37.1. The van der Waals surface area contributed by atoms with E-state index in [2.05, 4.69) is 142 Å². The van der Waals surface area contributed by atoms with Crippen LogP contribution in [0.4, 0.5) is 11.4 Å². The molecule has 3 N–H and O–H groups in total. The molecule has 2 aliphatic carbocycles. The molecule has 0 atom stereocenters. The predicted octanol–water partition coefficient (Wildman–Crippen LogP) is 11.7. The van der Waals surface area contributed by atoms with Gasteiger partial charge in [-0.05, 0) is 123 Å². The summed E-state index contributed by atoms with van der Waals surface area (Å²) in [7, 11) is -1.39. The van der Waals surface area contributed by atoms with Crippen LogP contribution in [0.25, 0.3) is 88.6 Å². The molecule has 2 saturated carbocycles. The van der Waals surface area contributed by atoms with Gasteiger partial charge in [-0.3, -0.25) is 24.8 Å². The number of H-pyrrole nitrogens is 2. The lowest BCUT2D eigenvalue weighted by Gasteiger charge is -2.36. The quantitative estimate of drug-likeness (QED) is 0.0836. The molecule has 2 aliphatic heterocycles. The second-order valence-electron chi connectivity index (χ2n) is 21.4. The van der Waals surface area contributed by atoms with Crippen LogP contribution in [0, 0.1) is 0 Å². The molecule has 4 aliphatic rings. The van der Waals surface area contributed by atoms with Gasteiger partial charge in [0, 0.05) is 170 Å². The summed E-state index contributed by atoms with van der Waals surface area (Å²) in [6.45, 7) is 18.1. The Morgan fingerprint density at radius 2 is 1.05 bits per heavy atom. The SMILES string of the molecule is CCOC1(O[Si](C)(C)C)CC1.c1cncc(-c2cc3c(cn2)[nH]c2ncc(-c4cccc(N5CCN(C6CC6)CC5)c4)cc23)c1.c1cncc(-c2cc3c(cn2)[nH]c2ncc(-c4cccc(N5CCNCC5)c4)cc23)c1. The highest BCUT2D eigenvalue weighted by molar-refractivity contribution is 6.69. The van der Waals surface area contributed by atoms with Crippen LogP contribution >= 0.6 is 0 Å². The molecule has 8 aromatic heterocycles. The summed E-state index contributed by atoms with van der Waals surface area (Å²) in [4.78, 5) is 41.6. The van der Waals surface area contributed by atoms with E-state index < -0.39 is 8.32 Å². The van der Waals surface area contributed by atoms with E-state index in [4.69, 9.17) is 19.1 Å². The van der Waals surface area contributed by atoms with Gasteiger partial charge in [-0.25, -0.2) is 9.97 Å². The monoisotopic (exact) mass is 1030 g/mol. The standard InChI is InChI=1S/C28H26N6.C25H22N6.C8H18O2Si/c1-3-19(13-23(5-1)34-11-9-33(10-12-34)22-6-7-22)21-14-25-24-15-26(20-4-2-8-29-16-20)30-18-27(24)32-28(25)31-17-21;1-3-17(11-20(5-1)31-9-7-26-8-10-31)19-12-22-21-13-23(18-4-2-6-27-14-18)28-16-24(21)30-25(22)29-15-19;1-5-9-8(6-7-8)10-11(2,3)4/h1-5,8,13-18,22H,6-7,9-12H2,(H,31,32);1-6,11-16,26H,7-10H2,(H,29,30);5-7H2,1-4H3. The lowest BCUT2D eigenvalue weighted by Crippen LogP contribution is -2.47. The lowest BCUT2D eigenvalue weighted by molar-refractivity contribution is -0.106. The van der Waals surface area contributed by atoms with Crippen LogP contribution in [0.5, 0.6) is 0 Å². The van der Waals surface area contributed by atoms with E-state index in [1.807, 2.05) is 68.4 Å². The molecule has 4 fully saturated rings. The Morgan fingerprint density at radius 3 is 1.51 bits per heavy atom. The number of piperazine rings is 2. The fourth-order valence-corrected chi connectivity index (χ4v) is 12.1. The number of ether oxygens (including phenoxy) is 1. The van der Waals surface area contributed by atoms with Crippen molar-refractivity contribution in [1.29, 1.82) is 0 Å².